The summed E-state index contributed by atoms with van der Waals surface area (Å²) in [6.07, 6.45) is 10.5. The number of fused-ring (bicyclic) bond motifs is 1. The van der Waals surface area contributed by atoms with Crippen LogP contribution in [0.5, 0.6) is 0 Å². The molecule has 6 heteroatoms. The summed E-state index contributed by atoms with van der Waals surface area (Å²) in [4.78, 5) is 0.499. The van der Waals surface area contributed by atoms with Gasteiger partial charge >= 0.3 is 0 Å². The van der Waals surface area contributed by atoms with E-state index in [-0.39, 0.29) is 22.4 Å². The van der Waals surface area contributed by atoms with Gasteiger partial charge in [0.25, 0.3) is 0 Å². The number of aromatic nitrogens is 2. The van der Waals surface area contributed by atoms with Crippen molar-refractivity contribution in [3.8, 4) is 5.69 Å². The molecule has 0 saturated heterocycles. The molecule has 3 aliphatic rings. The van der Waals surface area contributed by atoms with Crippen molar-refractivity contribution < 1.29 is 12.8 Å². The van der Waals surface area contributed by atoms with Crippen molar-refractivity contribution >= 4 is 15.9 Å². The predicted molar refractivity (Wildman–Crippen MR) is 126 cm³/mol. The topological polar surface area (TPSA) is 52.0 Å². The van der Waals surface area contributed by atoms with Crippen molar-refractivity contribution in [2.75, 3.05) is 5.75 Å². The molecule has 3 aromatic rings. The maximum absolute atomic E-state index is 13.4. The van der Waals surface area contributed by atoms with E-state index in [1.807, 2.05) is 29.1 Å². The Bertz CT molecular complexity index is 1390. The van der Waals surface area contributed by atoms with Crippen LogP contribution in [0.4, 0.5) is 4.39 Å². The van der Waals surface area contributed by atoms with E-state index in [9.17, 15) is 12.8 Å². The summed E-state index contributed by atoms with van der Waals surface area (Å²) < 4.78 is 40.4. The largest absolute Gasteiger partial charge is 0.233 e. The molecule has 33 heavy (non-hydrogen) atoms. The molecule has 0 aliphatic heterocycles. The molecule has 2 aromatic carbocycles. The molecule has 3 aliphatic carbocycles. The van der Waals surface area contributed by atoms with Crippen LogP contribution in [0.1, 0.15) is 49.4 Å². The van der Waals surface area contributed by atoms with Crippen molar-refractivity contribution in [3.05, 3.63) is 82.9 Å². The molecule has 1 aromatic heterocycles. The van der Waals surface area contributed by atoms with Crippen molar-refractivity contribution in [2.24, 2.45) is 10.8 Å². The highest BCUT2D eigenvalue weighted by Gasteiger charge is 2.71. The Labute approximate surface area is 194 Å². The average Bonchev–Trinajstić information content (AvgIpc) is 3.10. The minimum absolute atomic E-state index is 0.132. The summed E-state index contributed by atoms with van der Waals surface area (Å²) in [6.45, 7) is 1.71. The van der Waals surface area contributed by atoms with Crippen molar-refractivity contribution in [3.63, 3.8) is 0 Å². The maximum atomic E-state index is 13.4. The van der Waals surface area contributed by atoms with Crippen LogP contribution in [0.3, 0.4) is 0 Å². The van der Waals surface area contributed by atoms with Crippen LogP contribution in [0.15, 0.2) is 65.2 Å². The van der Waals surface area contributed by atoms with Gasteiger partial charge in [-0.3, -0.25) is 0 Å². The first-order valence-electron chi connectivity index (χ1n) is 11.7. The number of rotatable bonds is 6. The molecular formula is C27H27FN2O2S. The number of nitrogens with zero attached hydrogens (tertiary/aromatic N) is 2. The summed E-state index contributed by atoms with van der Waals surface area (Å²) >= 11 is 0. The third kappa shape index (κ3) is 3.07. The Balaban J connectivity index is 1.27. The Morgan fingerprint density at radius 3 is 2.70 bits per heavy atom. The normalized spacial score (nSPS) is 25.2. The van der Waals surface area contributed by atoms with Crippen molar-refractivity contribution in [2.45, 2.75) is 50.3 Å². The molecule has 6 rings (SSSR count). The molecule has 0 N–H and O–H groups in total. The predicted octanol–water partition coefficient (Wildman–Crippen LogP) is 5.55. The van der Waals surface area contributed by atoms with Gasteiger partial charge in [-0.2, -0.15) is 5.10 Å². The van der Waals surface area contributed by atoms with E-state index in [1.54, 1.807) is 25.1 Å². The molecule has 0 amide bonds. The number of hydrogen-bond donors (Lipinski definition) is 0. The zero-order valence-corrected chi connectivity index (χ0v) is 19.5. The number of sulfone groups is 1. The fraction of sp³-hybridized carbons (Fsp3) is 0.370. The van der Waals surface area contributed by atoms with E-state index in [0.29, 0.717) is 4.90 Å². The lowest BCUT2D eigenvalue weighted by Crippen LogP contribution is -2.18. The SMILES string of the molecule is CCS(=O)(=O)c1ccccc1CC[C@]12CCC3=Cc4c(cnn4-c4ccc(F)cc4)C[C@@]31C2. The van der Waals surface area contributed by atoms with E-state index in [1.165, 1.54) is 29.7 Å². The van der Waals surface area contributed by atoms with Crippen LogP contribution in [0, 0.1) is 16.6 Å². The van der Waals surface area contributed by atoms with Crippen LogP contribution >= 0.6 is 0 Å². The molecule has 2 atom stereocenters. The number of benzene rings is 2. The number of allylic oxidation sites excluding steroid dienone is 1. The van der Waals surface area contributed by atoms with Gasteiger partial charge < -0.3 is 0 Å². The summed E-state index contributed by atoms with van der Waals surface area (Å²) in [7, 11) is -3.22. The second kappa shape index (κ2) is 7.13. The minimum atomic E-state index is -3.22. The van der Waals surface area contributed by atoms with Crippen LogP contribution in [0.2, 0.25) is 0 Å². The molecule has 170 valence electrons. The standard InChI is InChI=1S/C27H27FN2O2S/c1-2-33(31,32)25-6-4-3-5-19(25)11-13-26-14-12-21-15-24-20(16-27(21,26)18-26)17-29-30(24)23-9-7-22(28)8-10-23/h3-10,15,17H,2,11-14,16,18H2,1H3/t26-,27-/m1/s1. The molecule has 0 unspecified atom stereocenters. The molecule has 1 spiro atoms. The first kappa shape index (κ1) is 20.8. The van der Waals surface area contributed by atoms with Crippen LogP contribution in [0.25, 0.3) is 11.8 Å². The molecule has 0 radical (unpaired) electrons. The second-order valence-corrected chi connectivity index (χ2v) is 12.1. The highest BCUT2D eigenvalue weighted by Crippen LogP contribution is 2.79. The minimum Gasteiger partial charge on any atom is -0.233 e. The van der Waals surface area contributed by atoms with Gasteiger partial charge in [-0.05, 0) is 91.5 Å². The van der Waals surface area contributed by atoms with E-state index < -0.39 is 9.84 Å². The van der Waals surface area contributed by atoms with Gasteiger partial charge in [0.2, 0.25) is 0 Å². The first-order valence-corrected chi connectivity index (χ1v) is 13.4. The third-order valence-electron chi connectivity index (χ3n) is 8.34. The quantitative estimate of drug-likeness (QED) is 0.483. The zero-order valence-electron chi connectivity index (χ0n) is 18.7. The smallest absolute Gasteiger partial charge is 0.178 e. The van der Waals surface area contributed by atoms with Gasteiger partial charge in [-0.1, -0.05) is 30.7 Å². The Hall–Kier alpha value is -2.73. The summed E-state index contributed by atoms with van der Waals surface area (Å²) in [5.74, 6) is -0.115. The van der Waals surface area contributed by atoms with Crippen LogP contribution < -0.4 is 0 Å². The average molecular weight is 463 g/mol. The van der Waals surface area contributed by atoms with E-state index >= 15 is 0 Å². The van der Waals surface area contributed by atoms with Gasteiger partial charge in [0.05, 0.1) is 28.2 Å². The molecular weight excluding hydrogens is 435 g/mol. The van der Waals surface area contributed by atoms with E-state index in [0.717, 1.165) is 49.0 Å². The van der Waals surface area contributed by atoms with E-state index in [2.05, 4.69) is 11.2 Å². The molecule has 0 bridgehead atoms. The summed E-state index contributed by atoms with van der Waals surface area (Å²) in [6, 6.07) is 14.0. The van der Waals surface area contributed by atoms with Gasteiger partial charge in [0, 0.05) is 5.41 Å². The Morgan fingerprint density at radius 1 is 1.12 bits per heavy atom. The first-order chi connectivity index (χ1) is 15.9. The van der Waals surface area contributed by atoms with Crippen molar-refractivity contribution in [1.29, 1.82) is 0 Å². The lowest BCUT2D eigenvalue weighted by molar-refractivity contribution is 0.382. The number of halogens is 1. The fourth-order valence-electron chi connectivity index (χ4n) is 6.46. The zero-order chi connectivity index (χ0) is 22.8. The van der Waals surface area contributed by atoms with Crippen molar-refractivity contribution in [1.82, 2.24) is 9.78 Å². The van der Waals surface area contributed by atoms with Crippen LogP contribution in [-0.4, -0.2) is 24.0 Å². The fourth-order valence-corrected chi connectivity index (χ4v) is 7.62. The molecule has 2 saturated carbocycles. The number of hydrogen-bond acceptors (Lipinski definition) is 3. The molecule has 1 heterocycles. The molecule has 4 nitrogen and oxygen atoms in total. The van der Waals surface area contributed by atoms with Gasteiger partial charge in [-0.25, -0.2) is 17.5 Å². The maximum Gasteiger partial charge on any atom is 0.178 e. The van der Waals surface area contributed by atoms with Gasteiger partial charge in [-0.15, -0.1) is 0 Å². The van der Waals surface area contributed by atoms with Gasteiger partial charge in [0.1, 0.15) is 5.82 Å². The Kier molecular flexibility index (Phi) is 4.51. The Morgan fingerprint density at radius 2 is 1.91 bits per heavy atom. The third-order valence-corrected chi connectivity index (χ3v) is 10.2. The highest BCUT2D eigenvalue weighted by atomic mass is 32.2. The number of aryl methyl sites for hydroxylation is 1. The van der Waals surface area contributed by atoms with Gasteiger partial charge in [0.15, 0.2) is 9.84 Å². The van der Waals surface area contributed by atoms with E-state index in [4.69, 9.17) is 0 Å². The van der Waals surface area contributed by atoms with Crippen LogP contribution in [-0.2, 0) is 22.7 Å². The summed E-state index contributed by atoms with van der Waals surface area (Å²) in [5, 5.41) is 4.62. The second-order valence-electron chi connectivity index (χ2n) is 9.84. The highest BCUT2D eigenvalue weighted by molar-refractivity contribution is 7.91. The lowest BCUT2D eigenvalue weighted by Gasteiger charge is -2.24. The molecule has 2 fully saturated rings. The lowest BCUT2D eigenvalue weighted by atomic mass is 9.80. The summed E-state index contributed by atoms with van der Waals surface area (Å²) in [5.41, 5.74) is 6.17. The monoisotopic (exact) mass is 462 g/mol.